The first kappa shape index (κ1) is 15.2. The number of thioether (sulfide) groups is 1. The molecule has 0 aliphatic carbocycles. The second kappa shape index (κ2) is 6.99. The summed E-state index contributed by atoms with van der Waals surface area (Å²) in [7, 11) is 0. The predicted octanol–water partition coefficient (Wildman–Crippen LogP) is 2.76. The lowest BCUT2D eigenvalue weighted by Crippen LogP contribution is -2.41. The third-order valence-electron chi connectivity index (χ3n) is 3.37. The van der Waals surface area contributed by atoms with E-state index in [1.165, 1.54) is 11.8 Å². The van der Waals surface area contributed by atoms with Crippen LogP contribution in [-0.4, -0.2) is 40.7 Å². The summed E-state index contributed by atoms with van der Waals surface area (Å²) in [5, 5.41) is 9.60. The number of carbonyl (C=O) groups excluding carboxylic acids is 1. The molecule has 1 N–H and O–H groups in total. The lowest BCUT2D eigenvalue weighted by atomic mass is 9.97. The van der Waals surface area contributed by atoms with Crippen LogP contribution < -0.4 is 0 Å². The largest absolute Gasteiger partial charge is 0.481 e. The van der Waals surface area contributed by atoms with Crippen LogP contribution in [0, 0.1) is 5.92 Å². The Morgan fingerprint density at radius 1 is 1.25 bits per heavy atom. The van der Waals surface area contributed by atoms with Gasteiger partial charge in [-0.3, -0.25) is 9.59 Å². The van der Waals surface area contributed by atoms with Crippen LogP contribution in [0.1, 0.15) is 12.8 Å². The van der Waals surface area contributed by atoms with Crippen LogP contribution >= 0.6 is 23.4 Å². The SMILES string of the molecule is O=C(O)C1CCN(C(=O)CSc2ccc(Cl)cc2)CC1. The average Bonchev–Trinajstić information content (AvgIpc) is 2.46. The third-order valence-corrected chi connectivity index (χ3v) is 4.62. The van der Waals surface area contributed by atoms with Crippen LogP contribution in [0.4, 0.5) is 0 Å². The molecule has 1 aromatic carbocycles. The van der Waals surface area contributed by atoms with Gasteiger partial charge in [0.05, 0.1) is 11.7 Å². The Bertz CT molecular complexity index is 484. The molecule has 0 unspecified atom stereocenters. The minimum absolute atomic E-state index is 0.0637. The highest BCUT2D eigenvalue weighted by Gasteiger charge is 2.26. The van der Waals surface area contributed by atoms with Crippen molar-refractivity contribution in [3.8, 4) is 0 Å². The molecule has 4 nitrogen and oxygen atoms in total. The standard InChI is InChI=1S/C14H16ClNO3S/c15-11-1-3-12(4-2-11)20-9-13(17)16-7-5-10(6-8-16)14(18)19/h1-4,10H,5-9H2,(H,18,19). The first-order valence-electron chi connectivity index (χ1n) is 6.45. The fourth-order valence-corrected chi connectivity index (χ4v) is 3.07. The van der Waals surface area contributed by atoms with E-state index in [1.807, 2.05) is 12.1 Å². The summed E-state index contributed by atoms with van der Waals surface area (Å²) in [5.74, 6) is -0.622. The van der Waals surface area contributed by atoms with Crippen molar-refractivity contribution in [3.05, 3.63) is 29.3 Å². The zero-order chi connectivity index (χ0) is 14.5. The van der Waals surface area contributed by atoms with Gasteiger partial charge in [0.2, 0.25) is 5.91 Å². The van der Waals surface area contributed by atoms with Gasteiger partial charge in [-0.05, 0) is 37.1 Å². The highest BCUT2D eigenvalue weighted by atomic mass is 35.5. The molecule has 1 saturated heterocycles. The van der Waals surface area contributed by atoms with Gasteiger partial charge in [-0.15, -0.1) is 11.8 Å². The Hall–Kier alpha value is -1.20. The molecule has 1 aliphatic heterocycles. The number of carboxylic acid groups (broad SMARTS) is 1. The molecular formula is C14H16ClNO3S. The lowest BCUT2D eigenvalue weighted by Gasteiger charge is -2.30. The second-order valence-electron chi connectivity index (χ2n) is 4.74. The molecule has 1 aromatic rings. The second-order valence-corrected chi connectivity index (χ2v) is 6.22. The summed E-state index contributed by atoms with van der Waals surface area (Å²) in [5.41, 5.74) is 0. The number of carbonyl (C=O) groups is 2. The highest BCUT2D eigenvalue weighted by molar-refractivity contribution is 8.00. The summed E-state index contributed by atoms with van der Waals surface area (Å²) in [6.07, 6.45) is 1.10. The maximum Gasteiger partial charge on any atom is 0.306 e. The van der Waals surface area contributed by atoms with E-state index in [2.05, 4.69) is 0 Å². The van der Waals surface area contributed by atoms with E-state index >= 15 is 0 Å². The molecular weight excluding hydrogens is 298 g/mol. The fraction of sp³-hybridized carbons (Fsp3) is 0.429. The lowest BCUT2D eigenvalue weighted by molar-refractivity contribution is -0.145. The van der Waals surface area contributed by atoms with Crippen molar-refractivity contribution in [2.45, 2.75) is 17.7 Å². The summed E-state index contributed by atoms with van der Waals surface area (Å²) in [4.78, 5) is 25.7. The monoisotopic (exact) mass is 313 g/mol. The molecule has 108 valence electrons. The number of benzene rings is 1. The van der Waals surface area contributed by atoms with Gasteiger partial charge in [-0.1, -0.05) is 11.6 Å². The van der Waals surface area contributed by atoms with E-state index in [1.54, 1.807) is 17.0 Å². The molecule has 0 radical (unpaired) electrons. The average molecular weight is 314 g/mol. The van der Waals surface area contributed by atoms with Crippen LogP contribution in [-0.2, 0) is 9.59 Å². The van der Waals surface area contributed by atoms with Gasteiger partial charge in [0.1, 0.15) is 0 Å². The number of amides is 1. The molecule has 1 heterocycles. The van der Waals surface area contributed by atoms with Crippen molar-refractivity contribution in [3.63, 3.8) is 0 Å². The van der Waals surface area contributed by atoms with Crippen molar-refractivity contribution in [1.29, 1.82) is 0 Å². The maximum absolute atomic E-state index is 12.0. The number of hydrogen-bond donors (Lipinski definition) is 1. The molecule has 0 bridgehead atoms. The van der Waals surface area contributed by atoms with Crippen molar-refractivity contribution in [2.24, 2.45) is 5.92 Å². The van der Waals surface area contributed by atoms with Crippen molar-refractivity contribution < 1.29 is 14.7 Å². The van der Waals surface area contributed by atoms with E-state index in [-0.39, 0.29) is 11.8 Å². The molecule has 2 rings (SSSR count). The van der Waals surface area contributed by atoms with Crippen molar-refractivity contribution in [1.82, 2.24) is 4.90 Å². The zero-order valence-corrected chi connectivity index (χ0v) is 12.5. The van der Waals surface area contributed by atoms with E-state index < -0.39 is 5.97 Å². The molecule has 6 heteroatoms. The topological polar surface area (TPSA) is 57.6 Å². The summed E-state index contributed by atoms with van der Waals surface area (Å²) in [6, 6.07) is 7.37. The number of halogens is 1. The van der Waals surface area contributed by atoms with Gasteiger partial charge in [-0.25, -0.2) is 0 Å². The number of carboxylic acids is 1. The Balaban J connectivity index is 1.78. The predicted molar refractivity (Wildman–Crippen MR) is 79.1 cm³/mol. The molecule has 20 heavy (non-hydrogen) atoms. The molecule has 0 aromatic heterocycles. The van der Waals surface area contributed by atoms with Crippen molar-refractivity contribution >= 4 is 35.2 Å². The van der Waals surface area contributed by atoms with E-state index in [4.69, 9.17) is 16.7 Å². The fourth-order valence-electron chi connectivity index (χ4n) is 2.14. The molecule has 1 fully saturated rings. The Morgan fingerprint density at radius 3 is 2.40 bits per heavy atom. The smallest absolute Gasteiger partial charge is 0.306 e. The molecule has 1 amide bonds. The van der Waals surface area contributed by atoms with Crippen molar-refractivity contribution in [2.75, 3.05) is 18.8 Å². The van der Waals surface area contributed by atoms with Gasteiger partial charge in [-0.2, -0.15) is 0 Å². The van der Waals surface area contributed by atoms with Gasteiger partial charge in [0, 0.05) is 23.0 Å². The Kier molecular flexibility index (Phi) is 5.31. The van der Waals surface area contributed by atoms with Gasteiger partial charge in [0.15, 0.2) is 0 Å². The maximum atomic E-state index is 12.0. The number of piperidine rings is 1. The molecule has 0 spiro atoms. The minimum Gasteiger partial charge on any atom is -0.481 e. The number of nitrogens with zero attached hydrogens (tertiary/aromatic N) is 1. The van der Waals surface area contributed by atoms with E-state index in [0.717, 1.165) is 4.90 Å². The highest BCUT2D eigenvalue weighted by Crippen LogP contribution is 2.22. The third kappa shape index (κ3) is 4.15. The zero-order valence-electron chi connectivity index (χ0n) is 10.9. The quantitative estimate of drug-likeness (QED) is 0.868. The Labute approximate surface area is 127 Å². The number of rotatable bonds is 4. The van der Waals surface area contributed by atoms with Crippen LogP contribution in [0.15, 0.2) is 29.2 Å². The Morgan fingerprint density at radius 2 is 1.85 bits per heavy atom. The number of hydrogen-bond acceptors (Lipinski definition) is 3. The number of aliphatic carboxylic acids is 1. The van der Waals surface area contributed by atoms with Crippen LogP contribution in [0.5, 0.6) is 0 Å². The number of likely N-dealkylation sites (tertiary alicyclic amines) is 1. The first-order chi connectivity index (χ1) is 9.56. The van der Waals surface area contributed by atoms with E-state index in [9.17, 15) is 9.59 Å². The van der Waals surface area contributed by atoms with Crippen LogP contribution in [0.25, 0.3) is 0 Å². The minimum atomic E-state index is -0.757. The molecule has 1 aliphatic rings. The first-order valence-corrected chi connectivity index (χ1v) is 7.81. The van der Waals surface area contributed by atoms with E-state index in [0.29, 0.717) is 36.7 Å². The van der Waals surface area contributed by atoms with Gasteiger partial charge in [0.25, 0.3) is 0 Å². The van der Waals surface area contributed by atoms with Gasteiger partial charge >= 0.3 is 5.97 Å². The molecule has 0 saturated carbocycles. The normalized spacial score (nSPS) is 16.1. The van der Waals surface area contributed by atoms with Gasteiger partial charge < -0.3 is 10.0 Å². The summed E-state index contributed by atoms with van der Waals surface area (Å²) < 4.78 is 0. The van der Waals surface area contributed by atoms with Crippen LogP contribution in [0.3, 0.4) is 0 Å². The van der Waals surface area contributed by atoms with Crippen LogP contribution in [0.2, 0.25) is 5.02 Å². The summed E-state index contributed by atoms with van der Waals surface area (Å²) >= 11 is 7.27. The summed E-state index contributed by atoms with van der Waals surface area (Å²) in [6.45, 7) is 1.08. The molecule has 0 atom stereocenters.